The Kier molecular flexibility index (Phi) is 5.28. The van der Waals surface area contributed by atoms with Crippen molar-refractivity contribution in [3.8, 4) is 0 Å². The number of rotatable bonds is 1. The lowest BCUT2D eigenvalue weighted by Crippen LogP contribution is -2.15. The molecule has 0 amide bonds. The molecule has 0 aromatic carbocycles. The maximum absolute atomic E-state index is 2.42. The van der Waals surface area contributed by atoms with Gasteiger partial charge in [0.1, 0.15) is 0 Å². The standard InChI is InChI=1S/C10H18.C2H6/c1-4-9-6-5-7-10(2,3)8-9;1-2/h6H,4-5,7-8H2,1-3H3;1-2H3. The van der Waals surface area contributed by atoms with Crippen LogP contribution in [0.3, 0.4) is 0 Å². The van der Waals surface area contributed by atoms with Crippen molar-refractivity contribution in [2.45, 2.75) is 60.3 Å². The summed E-state index contributed by atoms with van der Waals surface area (Å²) in [5, 5.41) is 0. The van der Waals surface area contributed by atoms with E-state index in [1.165, 1.54) is 25.7 Å². The number of hydrogen-bond acceptors (Lipinski definition) is 0. The van der Waals surface area contributed by atoms with Crippen molar-refractivity contribution < 1.29 is 0 Å². The van der Waals surface area contributed by atoms with Gasteiger partial charge in [0.15, 0.2) is 0 Å². The van der Waals surface area contributed by atoms with Gasteiger partial charge >= 0.3 is 0 Å². The average molecular weight is 168 g/mol. The van der Waals surface area contributed by atoms with E-state index in [1.54, 1.807) is 5.57 Å². The fourth-order valence-corrected chi connectivity index (χ4v) is 1.71. The van der Waals surface area contributed by atoms with E-state index in [0.717, 1.165) is 0 Å². The summed E-state index contributed by atoms with van der Waals surface area (Å²) in [5.74, 6) is 0. The number of hydrogen-bond donors (Lipinski definition) is 0. The molecule has 0 aliphatic heterocycles. The molecule has 0 fully saturated rings. The van der Waals surface area contributed by atoms with Crippen LogP contribution in [0.2, 0.25) is 0 Å². The maximum Gasteiger partial charge on any atom is -0.0269 e. The van der Waals surface area contributed by atoms with E-state index in [0.29, 0.717) is 5.41 Å². The molecule has 0 bridgehead atoms. The largest absolute Gasteiger partial charge is 0.0853 e. The van der Waals surface area contributed by atoms with Crippen LogP contribution in [0.4, 0.5) is 0 Å². The Morgan fingerprint density at radius 2 is 1.92 bits per heavy atom. The molecule has 0 aromatic rings. The molecule has 1 aliphatic rings. The predicted octanol–water partition coefficient (Wildman–Crippen LogP) is 4.56. The van der Waals surface area contributed by atoms with Gasteiger partial charge in [-0.3, -0.25) is 0 Å². The zero-order chi connectivity index (χ0) is 9.61. The third-order valence-corrected chi connectivity index (χ3v) is 2.41. The van der Waals surface area contributed by atoms with Crippen molar-refractivity contribution in [3.05, 3.63) is 11.6 Å². The SMILES string of the molecule is CC.CCC1=CCCC(C)(C)C1. The van der Waals surface area contributed by atoms with Crippen molar-refractivity contribution >= 4 is 0 Å². The summed E-state index contributed by atoms with van der Waals surface area (Å²) < 4.78 is 0. The Balaban J connectivity index is 0.000000561. The van der Waals surface area contributed by atoms with Crippen molar-refractivity contribution in [2.24, 2.45) is 5.41 Å². The summed E-state index contributed by atoms with van der Waals surface area (Å²) in [6, 6.07) is 0. The van der Waals surface area contributed by atoms with Crippen molar-refractivity contribution in [1.82, 2.24) is 0 Å². The molecule has 0 unspecified atom stereocenters. The van der Waals surface area contributed by atoms with E-state index < -0.39 is 0 Å². The van der Waals surface area contributed by atoms with Gasteiger partial charge in [-0.1, -0.05) is 46.3 Å². The first kappa shape index (κ1) is 11.7. The lowest BCUT2D eigenvalue weighted by atomic mass is 9.77. The average Bonchev–Trinajstić information content (AvgIpc) is 2.06. The van der Waals surface area contributed by atoms with Crippen LogP contribution in [-0.4, -0.2) is 0 Å². The van der Waals surface area contributed by atoms with Gasteiger partial charge < -0.3 is 0 Å². The normalized spacial score (nSPS) is 20.6. The fourth-order valence-electron chi connectivity index (χ4n) is 1.71. The molecule has 0 radical (unpaired) electrons. The zero-order valence-corrected chi connectivity index (χ0v) is 9.41. The van der Waals surface area contributed by atoms with E-state index in [-0.39, 0.29) is 0 Å². The van der Waals surface area contributed by atoms with Crippen molar-refractivity contribution in [1.29, 1.82) is 0 Å². The lowest BCUT2D eigenvalue weighted by Gasteiger charge is -2.29. The van der Waals surface area contributed by atoms with Crippen LogP contribution in [0.15, 0.2) is 11.6 Å². The molecule has 0 nitrogen and oxygen atoms in total. The van der Waals surface area contributed by atoms with Crippen LogP contribution in [0.25, 0.3) is 0 Å². The van der Waals surface area contributed by atoms with Crippen LogP contribution >= 0.6 is 0 Å². The summed E-state index contributed by atoms with van der Waals surface area (Å²) in [7, 11) is 0. The molecule has 72 valence electrons. The molecular formula is C12H24. The molecule has 1 aliphatic carbocycles. The molecule has 0 heterocycles. The molecule has 0 spiro atoms. The Labute approximate surface area is 78.1 Å². The third kappa shape index (κ3) is 3.94. The van der Waals surface area contributed by atoms with Gasteiger partial charge in [0.2, 0.25) is 0 Å². The van der Waals surface area contributed by atoms with E-state index in [9.17, 15) is 0 Å². The smallest absolute Gasteiger partial charge is 0.0269 e. The number of allylic oxidation sites excluding steroid dienone is 2. The minimum Gasteiger partial charge on any atom is -0.0853 e. The van der Waals surface area contributed by atoms with Gasteiger partial charge in [0, 0.05) is 0 Å². The van der Waals surface area contributed by atoms with E-state index >= 15 is 0 Å². The second-order valence-corrected chi connectivity index (χ2v) is 4.10. The molecule has 0 aromatic heterocycles. The summed E-state index contributed by atoms with van der Waals surface area (Å²) in [6.07, 6.45) is 7.67. The van der Waals surface area contributed by atoms with Crippen molar-refractivity contribution in [3.63, 3.8) is 0 Å². The lowest BCUT2D eigenvalue weighted by molar-refractivity contribution is 0.317. The second-order valence-electron chi connectivity index (χ2n) is 4.10. The first-order valence-electron chi connectivity index (χ1n) is 5.32. The Morgan fingerprint density at radius 3 is 2.25 bits per heavy atom. The Bertz CT molecular complexity index is 140. The van der Waals surface area contributed by atoms with Gasteiger partial charge in [-0.25, -0.2) is 0 Å². The first-order valence-corrected chi connectivity index (χ1v) is 5.32. The predicted molar refractivity (Wildman–Crippen MR) is 57.4 cm³/mol. The van der Waals surface area contributed by atoms with Crippen LogP contribution in [0.1, 0.15) is 60.3 Å². The quantitative estimate of drug-likeness (QED) is 0.503. The first-order chi connectivity index (χ1) is 5.64. The molecule has 0 N–H and O–H groups in total. The minimum absolute atomic E-state index is 0.583. The summed E-state index contributed by atoms with van der Waals surface area (Å²) in [4.78, 5) is 0. The molecule has 12 heavy (non-hydrogen) atoms. The van der Waals surface area contributed by atoms with Crippen molar-refractivity contribution in [2.75, 3.05) is 0 Å². The second kappa shape index (κ2) is 5.40. The van der Waals surface area contributed by atoms with Crippen LogP contribution in [0.5, 0.6) is 0 Å². The van der Waals surface area contributed by atoms with Gasteiger partial charge in [0.25, 0.3) is 0 Å². The highest BCUT2D eigenvalue weighted by Crippen LogP contribution is 2.35. The maximum atomic E-state index is 2.42. The van der Waals surface area contributed by atoms with Gasteiger partial charge in [-0.2, -0.15) is 0 Å². The fraction of sp³-hybridized carbons (Fsp3) is 0.833. The molecule has 0 atom stereocenters. The summed E-state index contributed by atoms with van der Waals surface area (Å²) in [6.45, 7) is 11.0. The van der Waals surface area contributed by atoms with Gasteiger partial charge in [-0.05, 0) is 31.1 Å². The monoisotopic (exact) mass is 168 g/mol. The molecule has 0 saturated heterocycles. The molecule has 0 saturated carbocycles. The van der Waals surface area contributed by atoms with E-state index in [2.05, 4.69) is 26.8 Å². The summed E-state index contributed by atoms with van der Waals surface area (Å²) >= 11 is 0. The van der Waals surface area contributed by atoms with Crippen LogP contribution in [0, 0.1) is 5.41 Å². The van der Waals surface area contributed by atoms with Crippen LogP contribution in [-0.2, 0) is 0 Å². The highest BCUT2D eigenvalue weighted by atomic mass is 14.3. The Hall–Kier alpha value is -0.260. The molecular weight excluding hydrogens is 144 g/mol. The highest BCUT2D eigenvalue weighted by Gasteiger charge is 2.21. The van der Waals surface area contributed by atoms with E-state index in [1.807, 2.05) is 13.8 Å². The molecule has 1 rings (SSSR count). The third-order valence-electron chi connectivity index (χ3n) is 2.41. The van der Waals surface area contributed by atoms with Gasteiger partial charge in [0.05, 0.1) is 0 Å². The molecule has 0 heteroatoms. The van der Waals surface area contributed by atoms with E-state index in [4.69, 9.17) is 0 Å². The Morgan fingerprint density at radius 1 is 1.33 bits per heavy atom. The zero-order valence-electron chi connectivity index (χ0n) is 9.41. The van der Waals surface area contributed by atoms with Gasteiger partial charge in [-0.15, -0.1) is 0 Å². The highest BCUT2D eigenvalue weighted by molar-refractivity contribution is 5.08. The summed E-state index contributed by atoms with van der Waals surface area (Å²) in [5.41, 5.74) is 2.25. The minimum atomic E-state index is 0.583. The topological polar surface area (TPSA) is 0 Å². The van der Waals surface area contributed by atoms with Crippen LogP contribution < -0.4 is 0 Å².